The summed E-state index contributed by atoms with van der Waals surface area (Å²) in [6, 6.07) is 7.34. The first-order chi connectivity index (χ1) is 13.6. The summed E-state index contributed by atoms with van der Waals surface area (Å²) in [4.78, 5) is 24.6. The molecule has 0 aliphatic heterocycles. The maximum absolute atomic E-state index is 14.0. The zero-order chi connectivity index (χ0) is 20.5. The van der Waals surface area contributed by atoms with Crippen LogP contribution >= 0.6 is 0 Å². The van der Waals surface area contributed by atoms with Crippen LogP contribution in [0.25, 0.3) is 16.4 Å². The molecular weight excluding hydrogens is 396 g/mol. The van der Waals surface area contributed by atoms with Crippen LogP contribution in [0, 0.1) is 12.9 Å². The van der Waals surface area contributed by atoms with Crippen molar-refractivity contribution in [2.24, 2.45) is 0 Å². The molecule has 0 aliphatic rings. The molecule has 0 fully saturated rings. The van der Waals surface area contributed by atoms with E-state index in [-0.39, 0.29) is 63.6 Å². The Bertz CT molecular complexity index is 952. The number of hydrogen-bond donors (Lipinski definition) is 1. The first-order valence-electron chi connectivity index (χ1n) is 9.35. The van der Waals surface area contributed by atoms with E-state index in [2.05, 4.69) is 25.6 Å². The van der Waals surface area contributed by atoms with Crippen molar-refractivity contribution < 1.29 is 60.6 Å². The molecule has 2 heterocycles. The number of nitrogens with zero attached hydrogens (tertiary/aromatic N) is 4. The van der Waals surface area contributed by atoms with E-state index in [1.54, 1.807) is 6.07 Å². The van der Waals surface area contributed by atoms with Crippen molar-refractivity contribution in [2.45, 2.75) is 40.8 Å². The largest absolute Gasteiger partial charge is 1.00 e. The Balaban J connectivity index is 0.00000136. The fourth-order valence-electron chi connectivity index (χ4n) is 2.56. The molecule has 0 aliphatic carbocycles. The van der Waals surface area contributed by atoms with Crippen LogP contribution in [0.15, 0.2) is 36.7 Å². The van der Waals surface area contributed by atoms with Gasteiger partial charge in [0, 0.05) is 18.3 Å². The molecule has 0 saturated carbocycles. The molecule has 0 radical (unpaired) electrons. The minimum absolute atomic E-state index is 0. The van der Waals surface area contributed by atoms with E-state index in [0.717, 1.165) is 11.1 Å². The van der Waals surface area contributed by atoms with Crippen molar-refractivity contribution in [3.05, 3.63) is 70.3 Å². The van der Waals surface area contributed by atoms with Crippen molar-refractivity contribution in [3.8, 4) is 0 Å². The molecule has 3 aromatic rings. The number of rotatable bonds is 6. The quantitative estimate of drug-likeness (QED) is 0.481. The number of benzene rings is 1. The summed E-state index contributed by atoms with van der Waals surface area (Å²) >= 11 is 0. The first kappa shape index (κ1) is 25.7. The molecule has 0 spiro atoms. The number of carbonyl (C=O) groups excluding carboxylic acids is 1. The van der Waals surface area contributed by atoms with Gasteiger partial charge in [0.25, 0.3) is 5.91 Å². The third kappa shape index (κ3) is 7.16. The average molecular weight is 422 g/mol. The Hall–Kier alpha value is -1.29. The zero-order valence-electron chi connectivity index (χ0n) is 17.7. The van der Waals surface area contributed by atoms with Crippen LogP contribution in [0.5, 0.6) is 0 Å². The van der Waals surface area contributed by atoms with Crippen LogP contribution in [-0.4, -0.2) is 27.4 Å². The second-order valence-corrected chi connectivity index (χ2v) is 5.87. The van der Waals surface area contributed by atoms with Gasteiger partial charge >= 0.3 is 51.4 Å². The van der Waals surface area contributed by atoms with Gasteiger partial charge in [-0.1, -0.05) is 32.4 Å². The maximum atomic E-state index is 14.0. The van der Waals surface area contributed by atoms with Crippen LogP contribution < -0.4 is 56.7 Å². The molecule has 0 bridgehead atoms. The van der Waals surface area contributed by atoms with E-state index < -0.39 is 11.9 Å². The van der Waals surface area contributed by atoms with Crippen LogP contribution in [0.1, 0.15) is 48.0 Å². The molecule has 6 nitrogen and oxygen atoms in total. The fraction of sp³-hybridized carbons (Fsp3) is 0.333. The van der Waals surface area contributed by atoms with E-state index in [1.807, 2.05) is 45.9 Å². The third-order valence-corrected chi connectivity index (χ3v) is 3.96. The predicted molar refractivity (Wildman–Crippen MR) is 109 cm³/mol. The van der Waals surface area contributed by atoms with Gasteiger partial charge in [-0.05, 0) is 30.7 Å². The van der Waals surface area contributed by atoms with Gasteiger partial charge in [-0.15, -0.1) is 6.54 Å². The van der Waals surface area contributed by atoms with Gasteiger partial charge in [0.05, 0.1) is 17.2 Å². The molecule has 1 aromatic carbocycles. The van der Waals surface area contributed by atoms with E-state index in [4.69, 9.17) is 0 Å². The monoisotopic (exact) mass is 421 g/mol. The number of pyridine rings is 1. The van der Waals surface area contributed by atoms with Gasteiger partial charge < -0.3 is 10.6 Å². The number of fused-ring (bicyclic) bond motifs is 1. The Kier molecular flexibility index (Phi) is 11.6. The maximum Gasteiger partial charge on any atom is 1.00 e. The average Bonchev–Trinajstić information content (AvgIpc) is 2.72. The molecule has 1 amide bonds. The number of carbonyl (C=O) groups is 1. The number of aryl methyl sites for hydroxylation is 1. The van der Waals surface area contributed by atoms with Crippen LogP contribution in [0.3, 0.4) is 0 Å². The summed E-state index contributed by atoms with van der Waals surface area (Å²) in [6.45, 7) is 8.92. The van der Waals surface area contributed by atoms with Crippen LogP contribution in [0.2, 0.25) is 0 Å². The van der Waals surface area contributed by atoms with Crippen LogP contribution in [0.4, 0.5) is 4.39 Å². The number of amides is 1. The topological polar surface area (TPSA) is 81.9 Å². The van der Waals surface area contributed by atoms with Crippen molar-refractivity contribution >= 4 is 16.9 Å². The molecule has 29 heavy (non-hydrogen) atoms. The van der Waals surface area contributed by atoms with Gasteiger partial charge in [0.2, 0.25) is 5.95 Å². The Labute approximate surface area is 213 Å². The first-order valence-corrected chi connectivity index (χ1v) is 9.35. The SMILES string of the molecule is CC.CC[N-]Cc1ccnc(F)c1CNC(=O)c1cnc2cc(C)ccc2n1.[K+]. The molecule has 0 saturated heterocycles. The molecule has 148 valence electrons. The molecule has 0 unspecified atom stereocenters. The van der Waals surface area contributed by atoms with E-state index in [1.165, 1.54) is 12.4 Å². The molecule has 3 rings (SSSR count). The van der Waals surface area contributed by atoms with Gasteiger partial charge in [-0.25, -0.2) is 9.97 Å². The number of hydrogen-bond acceptors (Lipinski definition) is 4. The van der Waals surface area contributed by atoms with Crippen LogP contribution in [-0.2, 0) is 13.1 Å². The number of halogens is 1. The van der Waals surface area contributed by atoms with E-state index in [9.17, 15) is 9.18 Å². The molecule has 1 N–H and O–H groups in total. The van der Waals surface area contributed by atoms with Crippen molar-refractivity contribution in [1.29, 1.82) is 0 Å². The summed E-state index contributed by atoms with van der Waals surface area (Å²) in [5.41, 5.74) is 3.66. The van der Waals surface area contributed by atoms with Gasteiger partial charge in [0.15, 0.2) is 0 Å². The van der Waals surface area contributed by atoms with Gasteiger partial charge in [-0.2, -0.15) is 10.9 Å². The molecule has 0 atom stereocenters. The minimum atomic E-state index is -0.603. The second-order valence-electron chi connectivity index (χ2n) is 5.87. The van der Waals surface area contributed by atoms with Gasteiger partial charge in [-0.3, -0.25) is 9.78 Å². The third-order valence-electron chi connectivity index (χ3n) is 3.96. The number of aromatic nitrogens is 3. The minimum Gasteiger partial charge on any atom is -0.659 e. The van der Waals surface area contributed by atoms with E-state index in [0.29, 0.717) is 29.7 Å². The second kappa shape index (κ2) is 13.1. The van der Waals surface area contributed by atoms with Gasteiger partial charge in [0.1, 0.15) is 5.69 Å². The molecule has 8 heteroatoms. The summed E-state index contributed by atoms with van der Waals surface area (Å²) < 4.78 is 14.0. The van der Waals surface area contributed by atoms with Crippen molar-refractivity contribution in [2.75, 3.05) is 6.54 Å². The Morgan fingerprint density at radius 1 is 1.17 bits per heavy atom. The Morgan fingerprint density at radius 3 is 2.66 bits per heavy atom. The summed E-state index contributed by atoms with van der Waals surface area (Å²) in [7, 11) is 0. The summed E-state index contributed by atoms with van der Waals surface area (Å²) in [5.74, 6) is -1.02. The predicted octanol–water partition coefficient (Wildman–Crippen LogP) is 1.33. The molecule has 2 aromatic heterocycles. The Morgan fingerprint density at radius 2 is 1.93 bits per heavy atom. The summed E-state index contributed by atoms with van der Waals surface area (Å²) in [6.07, 6.45) is 2.82. The summed E-state index contributed by atoms with van der Waals surface area (Å²) in [5, 5.41) is 6.93. The normalized spacial score (nSPS) is 9.97. The zero-order valence-corrected chi connectivity index (χ0v) is 20.8. The van der Waals surface area contributed by atoms with Crippen molar-refractivity contribution in [3.63, 3.8) is 0 Å². The standard InChI is InChI=1S/C19H19FN5O.C2H6.K/c1-3-21-9-13-6-7-22-18(20)14(13)10-24-19(26)17-11-23-16-8-12(2)4-5-15(16)25-17;1-2;/h4-8,11H,3,9-10H2,1-2H3,(H,24,26);1-2H3;/q-1;;+1. The number of nitrogens with one attached hydrogen (secondary N) is 1. The van der Waals surface area contributed by atoms with Crippen molar-refractivity contribution in [1.82, 2.24) is 20.3 Å². The molecular formula is C21H25FKN5O. The smallest absolute Gasteiger partial charge is 0.659 e. The van der Waals surface area contributed by atoms with E-state index >= 15 is 0 Å². The fourth-order valence-corrected chi connectivity index (χ4v) is 2.56.